The number of ether oxygens (including phenoxy) is 1. The summed E-state index contributed by atoms with van der Waals surface area (Å²) >= 11 is 11.2. The summed E-state index contributed by atoms with van der Waals surface area (Å²) in [5, 5.41) is -0.191. The van der Waals surface area contributed by atoms with Gasteiger partial charge in [-0.2, -0.15) is 0 Å². The maximum Gasteiger partial charge on any atom is 0.341 e. The molecule has 0 aliphatic carbocycles. The highest BCUT2D eigenvalue weighted by Crippen LogP contribution is 2.27. The van der Waals surface area contributed by atoms with E-state index < -0.39 is 18.0 Å². The van der Waals surface area contributed by atoms with Crippen LogP contribution in [0.25, 0.3) is 0 Å². The average Bonchev–Trinajstić information content (AvgIpc) is 2.28. The lowest BCUT2D eigenvalue weighted by Crippen LogP contribution is -2.09. The third-order valence-corrected chi connectivity index (χ3v) is 2.49. The number of carbonyl (C=O) groups is 1. The zero-order valence-corrected chi connectivity index (χ0v) is 10.4. The van der Waals surface area contributed by atoms with Gasteiger partial charge in [-0.3, -0.25) is 0 Å². The van der Waals surface area contributed by atoms with Gasteiger partial charge in [-0.05, 0) is 13.0 Å². The largest absolute Gasteiger partial charge is 0.462 e. The van der Waals surface area contributed by atoms with Gasteiger partial charge in [0.05, 0.1) is 23.7 Å². The molecular weight excluding hydrogens is 275 g/mol. The molecule has 0 aliphatic rings. The van der Waals surface area contributed by atoms with E-state index in [0.29, 0.717) is 0 Å². The summed E-state index contributed by atoms with van der Waals surface area (Å²) in [5.41, 5.74) is -0.634. The highest BCUT2D eigenvalue weighted by Gasteiger charge is 2.21. The zero-order chi connectivity index (χ0) is 13.0. The van der Waals surface area contributed by atoms with Gasteiger partial charge < -0.3 is 4.74 Å². The molecule has 94 valence electrons. The molecule has 1 aromatic rings. The van der Waals surface area contributed by atoms with Gasteiger partial charge in [-0.25, -0.2) is 18.6 Å². The molecular formula is C10H9Cl2F2NO2. The lowest BCUT2D eigenvalue weighted by atomic mass is 10.1. The number of pyridine rings is 1. The summed E-state index contributed by atoms with van der Waals surface area (Å²) in [5.74, 6) is -0.990. The van der Waals surface area contributed by atoms with Crippen LogP contribution in [0.5, 0.6) is 0 Å². The van der Waals surface area contributed by atoms with E-state index in [1.54, 1.807) is 6.92 Å². The minimum Gasteiger partial charge on any atom is -0.462 e. The Balaban J connectivity index is 3.24. The molecule has 1 heterocycles. The Morgan fingerprint density at radius 2 is 2.24 bits per heavy atom. The first-order chi connectivity index (χ1) is 8.01. The molecule has 0 radical (unpaired) electrons. The fraction of sp³-hybridized carbons (Fsp3) is 0.400. The van der Waals surface area contributed by atoms with E-state index >= 15 is 0 Å². The molecule has 0 saturated carbocycles. The van der Waals surface area contributed by atoms with Gasteiger partial charge >= 0.3 is 5.97 Å². The summed E-state index contributed by atoms with van der Waals surface area (Å²) in [6.07, 6.45) is -2.78. The summed E-state index contributed by atoms with van der Waals surface area (Å²) in [7, 11) is 0. The van der Waals surface area contributed by atoms with Crippen molar-refractivity contribution in [1.82, 2.24) is 4.98 Å². The SMILES string of the molecule is CCOC(=O)c1cc(C(F)F)c(CCl)nc1Cl. The average molecular weight is 284 g/mol. The highest BCUT2D eigenvalue weighted by molar-refractivity contribution is 6.32. The molecule has 0 saturated heterocycles. The molecule has 1 rings (SSSR count). The third-order valence-electron chi connectivity index (χ3n) is 1.95. The van der Waals surface area contributed by atoms with Crippen molar-refractivity contribution in [3.8, 4) is 0 Å². The Morgan fingerprint density at radius 1 is 1.59 bits per heavy atom. The second-order valence-corrected chi connectivity index (χ2v) is 3.64. The predicted octanol–water partition coefficient (Wildman–Crippen LogP) is 3.59. The molecule has 0 atom stereocenters. The van der Waals surface area contributed by atoms with E-state index in [2.05, 4.69) is 9.72 Å². The maximum absolute atomic E-state index is 12.7. The number of rotatable bonds is 4. The minimum absolute atomic E-state index is 0.0419. The van der Waals surface area contributed by atoms with Crippen molar-refractivity contribution < 1.29 is 18.3 Å². The summed E-state index contributed by atoms with van der Waals surface area (Å²) in [4.78, 5) is 15.1. The molecule has 0 unspecified atom stereocenters. The van der Waals surface area contributed by atoms with Crippen molar-refractivity contribution in [2.24, 2.45) is 0 Å². The van der Waals surface area contributed by atoms with Gasteiger partial charge in [0.1, 0.15) is 5.15 Å². The number of hydrogen-bond acceptors (Lipinski definition) is 3. The van der Waals surface area contributed by atoms with Gasteiger partial charge in [-0.1, -0.05) is 11.6 Å². The number of alkyl halides is 3. The van der Waals surface area contributed by atoms with Crippen LogP contribution >= 0.6 is 23.2 Å². The monoisotopic (exact) mass is 283 g/mol. The van der Waals surface area contributed by atoms with Gasteiger partial charge in [0, 0.05) is 5.56 Å². The van der Waals surface area contributed by atoms with Crippen LogP contribution in [0.15, 0.2) is 6.07 Å². The van der Waals surface area contributed by atoms with Crippen LogP contribution in [0.1, 0.15) is 35.0 Å². The Morgan fingerprint density at radius 3 is 2.71 bits per heavy atom. The summed E-state index contributed by atoms with van der Waals surface area (Å²) in [6, 6.07) is 0.968. The fourth-order valence-corrected chi connectivity index (χ4v) is 1.64. The topological polar surface area (TPSA) is 39.2 Å². The first-order valence-electron chi connectivity index (χ1n) is 4.71. The second-order valence-electron chi connectivity index (χ2n) is 3.02. The van der Waals surface area contributed by atoms with E-state index in [0.717, 1.165) is 6.07 Å². The van der Waals surface area contributed by atoms with Crippen LogP contribution < -0.4 is 0 Å². The van der Waals surface area contributed by atoms with Gasteiger partial charge in [-0.15, -0.1) is 11.6 Å². The van der Waals surface area contributed by atoms with E-state index in [1.807, 2.05) is 0 Å². The van der Waals surface area contributed by atoms with E-state index in [4.69, 9.17) is 23.2 Å². The van der Waals surface area contributed by atoms with Crippen molar-refractivity contribution in [1.29, 1.82) is 0 Å². The summed E-state index contributed by atoms with van der Waals surface area (Å²) < 4.78 is 30.0. The number of nitrogens with zero attached hydrogens (tertiary/aromatic N) is 1. The molecule has 0 spiro atoms. The van der Waals surface area contributed by atoms with Crippen LogP contribution in [-0.4, -0.2) is 17.6 Å². The molecule has 1 aromatic heterocycles. The molecule has 7 heteroatoms. The van der Waals surface area contributed by atoms with Gasteiger partial charge in [0.15, 0.2) is 0 Å². The number of halogens is 4. The Hall–Kier alpha value is -0.940. The van der Waals surface area contributed by atoms with Crippen molar-refractivity contribution in [3.63, 3.8) is 0 Å². The number of esters is 1. The normalized spacial score (nSPS) is 10.7. The Bertz CT molecular complexity index is 427. The molecule has 0 aliphatic heterocycles. The molecule has 0 N–H and O–H groups in total. The maximum atomic E-state index is 12.7. The van der Waals surface area contributed by atoms with E-state index in [9.17, 15) is 13.6 Å². The lowest BCUT2D eigenvalue weighted by molar-refractivity contribution is 0.0525. The Labute approximate surface area is 107 Å². The number of aromatic nitrogens is 1. The van der Waals surface area contributed by atoms with Crippen LogP contribution in [-0.2, 0) is 10.6 Å². The number of carbonyl (C=O) groups excluding carboxylic acids is 1. The van der Waals surface area contributed by atoms with Gasteiger partial charge in [0.2, 0.25) is 0 Å². The standard InChI is InChI=1S/C10H9Cl2F2NO2/c1-2-17-10(16)6-3-5(9(13)14)7(4-11)15-8(6)12/h3,9H,2,4H2,1H3. The quantitative estimate of drug-likeness (QED) is 0.482. The van der Waals surface area contributed by atoms with Crippen molar-refractivity contribution in [2.45, 2.75) is 19.2 Å². The zero-order valence-electron chi connectivity index (χ0n) is 8.84. The highest BCUT2D eigenvalue weighted by atomic mass is 35.5. The summed E-state index contributed by atoms with van der Waals surface area (Å²) in [6.45, 7) is 1.72. The number of hydrogen-bond donors (Lipinski definition) is 0. The van der Waals surface area contributed by atoms with Crippen molar-refractivity contribution >= 4 is 29.2 Å². The third kappa shape index (κ3) is 3.26. The molecule has 0 fully saturated rings. The molecule has 0 amide bonds. The molecule has 0 aromatic carbocycles. The van der Waals surface area contributed by atoms with Crippen LogP contribution in [0.4, 0.5) is 8.78 Å². The van der Waals surface area contributed by atoms with Gasteiger partial charge in [0.25, 0.3) is 6.43 Å². The van der Waals surface area contributed by atoms with Crippen molar-refractivity contribution in [3.05, 3.63) is 28.0 Å². The second kappa shape index (κ2) is 6.12. The smallest absolute Gasteiger partial charge is 0.341 e. The Kier molecular flexibility index (Phi) is 5.08. The predicted molar refractivity (Wildman–Crippen MR) is 59.7 cm³/mol. The van der Waals surface area contributed by atoms with E-state index in [-0.39, 0.29) is 28.9 Å². The van der Waals surface area contributed by atoms with E-state index in [1.165, 1.54) is 0 Å². The first-order valence-corrected chi connectivity index (χ1v) is 5.63. The van der Waals surface area contributed by atoms with Crippen LogP contribution in [0.2, 0.25) is 5.15 Å². The lowest BCUT2D eigenvalue weighted by Gasteiger charge is -2.09. The molecule has 17 heavy (non-hydrogen) atoms. The first kappa shape index (κ1) is 14.1. The van der Waals surface area contributed by atoms with Crippen LogP contribution in [0, 0.1) is 0 Å². The van der Waals surface area contributed by atoms with Crippen LogP contribution in [0.3, 0.4) is 0 Å². The minimum atomic E-state index is -2.78. The molecule has 0 bridgehead atoms. The molecule has 3 nitrogen and oxygen atoms in total. The van der Waals surface area contributed by atoms with Crippen molar-refractivity contribution in [2.75, 3.05) is 6.61 Å². The fourth-order valence-electron chi connectivity index (χ4n) is 1.19.